The van der Waals surface area contributed by atoms with Crippen molar-refractivity contribution in [3.63, 3.8) is 0 Å². The van der Waals surface area contributed by atoms with Gasteiger partial charge in [0, 0.05) is 37.3 Å². The molecule has 0 saturated carbocycles. The Morgan fingerprint density at radius 3 is 2.29 bits per heavy atom. The molecule has 0 spiro atoms. The Bertz CT molecular complexity index is 753. The van der Waals surface area contributed by atoms with Gasteiger partial charge in [-0.2, -0.15) is 12.7 Å². The lowest BCUT2D eigenvalue weighted by Crippen LogP contribution is -2.44. The quantitative estimate of drug-likeness (QED) is 0.444. The molecule has 0 bridgehead atoms. The van der Waals surface area contributed by atoms with E-state index in [1.165, 1.54) is 14.1 Å². The van der Waals surface area contributed by atoms with Crippen molar-refractivity contribution < 1.29 is 22.7 Å². The van der Waals surface area contributed by atoms with Crippen LogP contribution in [0.4, 0.5) is 10.5 Å². The number of nitrogens with one attached hydrogen (secondary N) is 3. The minimum absolute atomic E-state index is 0.0196. The van der Waals surface area contributed by atoms with Crippen LogP contribution in [-0.4, -0.2) is 58.0 Å². The van der Waals surface area contributed by atoms with Crippen molar-refractivity contribution in [1.29, 1.82) is 0 Å². The van der Waals surface area contributed by atoms with Gasteiger partial charge in [-0.25, -0.2) is 9.52 Å². The van der Waals surface area contributed by atoms with E-state index in [0.717, 1.165) is 8.78 Å². The normalized spacial score (nSPS) is 12.7. The van der Waals surface area contributed by atoms with E-state index >= 15 is 0 Å². The van der Waals surface area contributed by atoms with E-state index in [-0.39, 0.29) is 19.0 Å². The molecule has 0 heterocycles. The van der Waals surface area contributed by atoms with Crippen molar-refractivity contribution in [2.24, 2.45) is 5.92 Å². The van der Waals surface area contributed by atoms with Gasteiger partial charge in [-0.05, 0) is 36.6 Å². The molecule has 0 fully saturated rings. The molecule has 0 aromatic heterocycles. The molecule has 0 saturated heterocycles. The highest BCUT2D eigenvalue weighted by atomic mass is 79.9. The minimum Gasteiger partial charge on any atom is -0.436 e. The first-order valence-corrected chi connectivity index (χ1v) is 10.9. The van der Waals surface area contributed by atoms with Crippen molar-refractivity contribution in [3.05, 3.63) is 28.7 Å². The highest BCUT2D eigenvalue weighted by Gasteiger charge is 2.24. The molecule has 0 aliphatic heterocycles. The summed E-state index contributed by atoms with van der Waals surface area (Å²) < 4.78 is 32.7. The van der Waals surface area contributed by atoms with Crippen LogP contribution in [0, 0.1) is 5.92 Å². The molecule has 1 atom stereocenters. The Kier molecular flexibility index (Phi) is 9.87. The average Bonchev–Trinajstić information content (AvgIpc) is 2.59. The zero-order valence-electron chi connectivity index (χ0n) is 16.4. The van der Waals surface area contributed by atoms with E-state index in [1.807, 2.05) is 13.8 Å². The molecule has 2 amide bonds. The molecule has 158 valence electrons. The Balaban J connectivity index is 2.57. The number of carbonyl (C=O) groups is 2. The number of anilines is 1. The van der Waals surface area contributed by atoms with Crippen molar-refractivity contribution >= 4 is 43.8 Å². The van der Waals surface area contributed by atoms with Gasteiger partial charge < -0.3 is 10.1 Å². The van der Waals surface area contributed by atoms with Gasteiger partial charge in [-0.3, -0.25) is 10.1 Å². The predicted octanol–water partition coefficient (Wildman–Crippen LogP) is 1.92. The number of hydrogen-bond donors (Lipinski definition) is 3. The summed E-state index contributed by atoms with van der Waals surface area (Å²) in [4.78, 5) is 24.5. The van der Waals surface area contributed by atoms with Crippen molar-refractivity contribution in [2.75, 3.05) is 32.5 Å². The smallest absolute Gasteiger partial charge is 0.412 e. The summed E-state index contributed by atoms with van der Waals surface area (Å²) in [6, 6.07) is 6.92. The zero-order valence-corrected chi connectivity index (χ0v) is 18.8. The molecule has 3 N–H and O–H groups in total. The van der Waals surface area contributed by atoms with Gasteiger partial charge in [0.2, 0.25) is 0 Å². The molecule has 1 aromatic carbocycles. The number of amides is 2. The Labute approximate surface area is 174 Å². The van der Waals surface area contributed by atoms with E-state index < -0.39 is 28.3 Å². The van der Waals surface area contributed by atoms with Crippen LogP contribution < -0.4 is 15.4 Å². The summed E-state index contributed by atoms with van der Waals surface area (Å²) in [5, 5.41) is 5.15. The number of rotatable bonds is 10. The highest BCUT2D eigenvalue weighted by molar-refractivity contribution is 9.10. The SMILES string of the molecule is CC(C)CC(OC(=O)Nc1ccc(Br)cc1)C(=O)NCCNS(=O)(=O)N(C)C. The average molecular weight is 479 g/mol. The lowest BCUT2D eigenvalue weighted by atomic mass is 10.1. The number of benzene rings is 1. The Hall–Kier alpha value is -1.69. The van der Waals surface area contributed by atoms with Crippen molar-refractivity contribution in [1.82, 2.24) is 14.3 Å². The fourth-order valence-corrected chi connectivity index (χ4v) is 2.94. The maximum Gasteiger partial charge on any atom is 0.412 e. The molecule has 0 aliphatic carbocycles. The molecule has 1 unspecified atom stereocenters. The maximum atomic E-state index is 12.4. The molecule has 0 radical (unpaired) electrons. The second kappa shape index (κ2) is 11.3. The van der Waals surface area contributed by atoms with E-state index in [1.54, 1.807) is 24.3 Å². The van der Waals surface area contributed by atoms with Crippen LogP contribution in [0.5, 0.6) is 0 Å². The molecule has 0 aliphatic rings. The van der Waals surface area contributed by atoms with Crippen LogP contribution in [-0.2, 0) is 19.7 Å². The van der Waals surface area contributed by atoms with Crippen LogP contribution in [0.3, 0.4) is 0 Å². The first-order chi connectivity index (χ1) is 13.0. The second-order valence-corrected chi connectivity index (χ2v) is 9.51. The first-order valence-electron chi connectivity index (χ1n) is 8.69. The minimum atomic E-state index is -3.56. The zero-order chi connectivity index (χ0) is 21.3. The maximum absolute atomic E-state index is 12.4. The third kappa shape index (κ3) is 9.00. The molecule has 1 aromatic rings. The Morgan fingerprint density at radius 1 is 1.14 bits per heavy atom. The van der Waals surface area contributed by atoms with Crippen LogP contribution in [0.25, 0.3) is 0 Å². The van der Waals surface area contributed by atoms with Gasteiger partial charge in [-0.1, -0.05) is 29.8 Å². The topological polar surface area (TPSA) is 117 Å². The third-order valence-electron chi connectivity index (χ3n) is 3.51. The van der Waals surface area contributed by atoms with Crippen LogP contribution in [0.15, 0.2) is 28.7 Å². The van der Waals surface area contributed by atoms with Gasteiger partial charge in [0.15, 0.2) is 6.10 Å². The summed E-state index contributed by atoms with van der Waals surface area (Å²) in [6.07, 6.45) is -1.39. The number of carbonyl (C=O) groups excluding carboxylic acids is 2. The van der Waals surface area contributed by atoms with E-state index in [4.69, 9.17) is 4.74 Å². The van der Waals surface area contributed by atoms with Crippen LogP contribution >= 0.6 is 15.9 Å². The number of nitrogens with zero attached hydrogens (tertiary/aromatic N) is 1. The molecule has 9 nitrogen and oxygen atoms in total. The fraction of sp³-hybridized carbons (Fsp3) is 0.529. The van der Waals surface area contributed by atoms with Gasteiger partial charge >= 0.3 is 6.09 Å². The van der Waals surface area contributed by atoms with Crippen LogP contribution in [0.1, 0.15) is 20.3 Å². The highest BCUT2D eigenvalue weighted by Crippen LogP contribution is 2.15. The Morgan fingerprint density at radius 2 is 1.75 bits per heavy atom. The van der Waals surface area contributed by atoms with E-state index in [9.17, 15) is 18.0 Å². The molecular formula is C17H27BrN4O5S. The monoisotopic (exact) mass is 478 g/mol. The van der Waals surface area contributed by atoms with Gasteiger partial charge in [0.05, 0.1) is 0 Å². The summed E-state index contributed by atoms with van der Waals surface area (Å²) in [6.45, 7) is 3.90. The molecular weight excluding hydrogens is 452 g/mol. The van der Waals surface area contributed by atoms with E-state index in [0.29, 0.717) is 12.1 Å². The molecule has 1 rings (SSSR count). The third-order valence-corrected chi connectivity index (χ3v) is 5.57. The van der Waals surface area contributed by atoms with Crippen LogP contribution in [0.2, 0.25) is 0 Å². The van der Waals surface area contributed by atoms with Crippen molar-refractivity contribution in [3.8, 4) is 0 Å². The van der Waals surface area contributed by atoms with Gasteiger partial charge in [0.1, 0.15) is 0 Å². The number of halogens is 1. The van der Waals surface area contributed by atoms with Crippen molar-refractivity contribution in [2.45, 2.75) is 26.4 Å². The van der Waals surface area contributed by atoms with E-state index in [2.05, 4.69) is 31.3 Å². The molecule has 11 heteroatoms. The summed E-state index contributed by atoms with van der Waals surface area (Å²) >= 11 is 3.31. The lowest BCUT2D eigenvalue weighted by Gasteiger charge is -2.20. The number of hydrogen-bond acceptors (Lipinski definition) is 5. The standard InChI is InChI=1S/C17H27BrN4O5S/c1-12(2)11-15(16(23)19-9-10-20-28(25,26)22(3)4)27-17(24)21-14-7-5-13(18)6-8-14/h5-8,12,15,20H,9-11H2,1-4H3,(H,19,23)(H,21,24). The van der Waals surface area contributed by atoms with Gasteiger partial charge in [-0.15, -0.1) is 0 Å². The largest absolute Gasteiger partial charge is 0.436 e. The predicted molar refractivity (Wildman–Crippen MR) is 111 cm³/mol. The first kappa shape index (κ1) is 24.3. The lowest BCUT2D eigenvalue weighted by molar-refractivity contribution is -0.130. The summed E-state index contributed by atoms with van der Waals surface area (Å²) in [7, 11) is -0.758. The fourth-order valence-electron chi connectivity index (χ4n) is 2.06. The summed E-state index contributed by atoms with van der Waals surface area (Å²) in [5.74, 6) is -0.368. The second-order valence-electron chi connectivity index (χ2n) is 6.63. The molecule has 28 heavy (non-hydrogen) atoms. The van der Waals surface area contributed by atoms with Gasteiger partial charge in [0.25, 0.3) is 16.1 Å². The summed E-state index contributed by atoms with van der Waals surface area (Å²) in [5.41, 5.74) is 0.537. The number of ether oxygens (including phenoxy) is 1.